The fourth-order valence-corrected chi connectivity index (χ4v) is 3.11. The summed E-state index contributed by atoms with van der Waals surface area (Å²) >= 11 is 0. The Morgan fingerprint density at radius 3 is 2.36 bits per heavy atom. The first-order chi connectivity index (χ1) is 10.0. The number of benzene rings is 1. The number of nitrogens with one attached hydrogen (secondary N) is 2. The summed E-state index contributed by atoms with van der Waals surface area (Å²) in [6.07, 6.45) is 1.02. The Morgan fingerprint density at radius 1 is 1.23 bits per heavy atom. The lowest BCUT2D eigenvalue weighted by molar-refractivity contribution is 0.0957. The van der Waals surface area contributed by atoms with Gasteiger partial charge in [-0.3, -0.25) is 13.7 Å². The second-order valence-corrected chi connectivity index (χ2v) is 9.91. The highest BCUT2D eigenvalue weighted by Crippen LogP contribution is 2.16. The third-order valence-corrected chi connectivity index (χ3v) is 5.25. The summed E-state index contributed by atoms with van der Waals surface area (Å²) in [6.45, 7) is 5.87. The van der Waals surface area contributed by atoms with E-state index < -0.39 is 26.7 Å². The molecule has 0 bridgehead atoms. The van der Waals surface area contributed by atoms with Crippen LogP contribution in [0.3, 0.4) is 0 Å². The zero-order valence-electron chi connectivity index (χ0n) is 13.2. The molecule has 0 saturated carbocycles. The Kier molecular flexibility index (Phi) is 6.13. The summed E-state index contributed by atoms with van der Waals surface area (Å²) in [4.78, 5) is 12.1. The first-order valence-corrected chi connectivity index (χ1v) is 9.95. The van der Waals surface area contributed by atoms with E-state index in [1.807, 2.05) is 20.8 Å². The molecule has 0 aromatic heterocycles. The zero-order valence-corrected chi connectivity index (χ0v) is 14.8. The van der Waals surface area contributed by atoms with Crippen molar-refractivity contribution in [1.29, 1.82) is 0 Å². The Balaban J connectivity index is 2.73. The molecule has 8 heteroatoms. The van der Waals surface area contributed by atoms with Gasteiger partial charge in [0.1, 0.15) is 0 Å². The van der Waals surface area contributed by atoms with Crippen molar-refractivity contribution in [2.45, 2.75) is 25.5 Å². The molecule has 0 spiro atoms. The van der Waals surface area contributed by atoms with Crippen molar-refractivity contribution in [2.24, 2.45) is 0 Å². The number of hydrogen-bond acceptors (Lipinski definition) is 4. The van der Waals surface area contributed by atoms with Gasteiger partial charge in [0, 0.05) is 27.8 Å². The highest BCUT2D eigenvalue weighted by Gasteiger charge is 2.19. The molecule has 1 amide bonds. The summed E-state index contributed by atoms with van der Waals surface area (Å²) in [5.41, 5.74) is 0.453. The minimum atomic E-state index is -3.47. The predicted molar refractivity (Wildman–Crippen MR) is 90.0 cm³/mol. The van der Waals surface area contributed by atoms with E-state index in [0.717, 1.165) is 6.26 Å². The van der Waals surface area contributed by atoms with Crippen LogP contribution in [-0.2, 0) is 20.8 Å². The average molecular weight is 346 g/mol. The van der Waals surface area contributed by atoms with E-state index in [1.165, 1.54) is 12.1 Å². The summed E-state index contributed by atoms with van der Waals surface area (Å²) in [5, 5.41) is 2.66. The number of carbonyl (C=O) groups excluding carboxylic acids is 1. The molecule has 1 rings (SSSR count). The Bertz CT molecular complexity index is 664. The lowest BCUT2D eigenvalue weighted by Crippen LogP contribution is -2.33. The third-order valence-electron chi connectivity index (χ3n) is 2.72. The van der Waals surface area contributed by atoms with Gasteiger partial charge >= 0.3 is 0 Å². The quantitative estimate of drug-likeness (QED) is 0.813. The lowest BCUT2D eigenvalue weighted by atomic mass is 10.2. The third kappa shape index (κ3) is 6.15. The van der Waals surface area contributed by atoms with Crippen LogP contribution >= 0.6 is 0 Å². The number of rotatable bonds is 6. The minimum Gasteiger partial charge on any atom is -0.351 e. The number of anilines is 1. The van der Waals surface area contributed by atoms with Gasteiger partial charge in [-0.2, -0.15) is 0 Å². The molecule has 22 heavy (non-hydrogen) atoms. The maximum atomic E-state index is 12.1. The molecule has 0 unspecified atom stereocenters. The molecule has 124 valence electrons. The van der Waals surface area contributed by atoms with Gasteiger partial charge < -0.3 is 5.32 Å². The van der Waals surface area contributed by atoms with Crippen LogP contribution in [0.4, 0.5) is 5.69 Å². The van der Waals surface area contributed by atoms with Crippen molar-refractivity contribution in [3.05, 3.63) is 29.8 Å². The Morgan fingerprint density at radius 2 is 1.82 bits per heavy atom. The van der Waals surface area contributed by atoms with Crippen LogP contribution in [0, 0.1) is 0 Å². The van der Waals surface area contributed by atoms with E-state index in [1.54, 1.807) is 12.1 Å². The molecule has 1 atom stereocenters. The first kappa shape index (κ1) is 18.6. The van der Waals surface area contributed by atoms with Crippen molar-refractivity contribution in [1.82, 2.24) is 5.32 Å². The monoisotopic (exact) mass is 346 g/mol. The molecule has 0 aliphatic rings. The summed E-state index contributed by atoms with van der Waals surface area (Å²) in [6, 6.07) is 6.33. The van der Waals surface area contributed by atoms with Gasteiger partial charge in [-0.05, 0) is 32.9 Å². The van der Waals surface area contributed by atoms with Gasteiger partial charge in [-0.15, -0.1) is 0 Å². The molecule has 0 saturated heterocycles. The van der Waals surface area contributed by atoms with Crippen LogP contribution in [-0.4, -0.2) is 41.8 Å². The number of amides is 1. The number of para-hydroxylation sites is 1. The van der Waals surface area contributed by atoms with Crippen LogP contribution in [0.1, 0.15) is 31.1 Å². The average Bonchev–Trinajstić information content (AvgIpc) is 2.36. The normalized spacial score (nSPS) is 13.5. The molecule has 0 heterocycles. The largest absolute Gasteiger partial charge is 0.351 e. The van der Waals surface area contributed by atoms with Crippen LogP contribution in [0.5, 0.6) is 0 Å². The molecular weight excluding hydrogens is 324 g/mol. The van der Waals surface area contributed by atoms with Gasteiger partial charge in [0.2, 0.25) is 10.0 Å². The van der Waals surface area contributed by atoms with Crippen LogP contribution in [0.25, 0.3) is 0 Å². The number of hydrogen-bond donors (Lipinski definition) is 2. The van der Waals surface area contributed by atoms with Crippen molar-refractivity contribution in [2.75, 3.05) is 23.3 Å². The fourth-order valence-electron chi connectivity index (χ4n) is 1.63. The van der Waals surface area contributed by atoms with E-state index in [4.69, 9.17) is 0 Å². The summed E-state index contributed by atoms with van der Waals surface area (Å²) in [7, 11) is -4.52. The van der Waals surface area contributed by atoms with Crippen molar-refractivity contribution in [3.63, 3.8) is 0 Å². The topological polar surface area (TPSA) is 92.3 Å². The Labute approximate surface area is 134 Å². The van der Waals surface area contributed by atoms with E-state index in [9.17, 15) is 17.4 Å². The van der Waals surface area contributed by atoms with Crippen molar-refractivity contribution < 1.29 is 17.4 Å². The van der Waals surface area contributed by atoms with E-state index >= 15 is 0 Å². The molecule has 1 aromatic rings. The van der Waals surface area contributed by atoms with Crippen molar-refractivity contribution >= 4 is 32.4 Å². The zero-order chi connectivity index (χ0) is 17.0. The van der Waals surface area contributed by atoms with Gasteiger partial charge in [0.15, 0.2) is 0 Å². The smallest absolute Gasteiger partial charge is 0.253 e. The van der Waals surface area contributed by atoms with Crippen LogP contribution in [0.15, 0.2) is 24.3 Å². The van der Waals surface area contributed by atoms with E-state index in [0.29, 0.717) is 5.75 Å². The number of carbonyl (C=O) groups is 1. The molecule has 0 aliphatic heterocycles. The standard InChI is InChI=1S/C14H22N2O4S2/c1-14(2,3)21(18)10-9-15-13(17)11-7-5-6-8-12(11)16-22(4,19)20/h5-8,16H,9-10H2,1-4H3,(H,15,17)/t21-/m1/s1. The summed E-state index contributed by atoms with van der Waals surface area (Å²) < 4.78 is 36.5. The van der Waals surface area contributed by atoms with E-state index in [-0.39, 0.29) is 22.5 Å². The first-order valence-electron chi connectivity index (χ1n) is 6.74. The molecule has 0 fully saturated rings. The van der Waals surface area contributed by atoms with Crippen LogP contribution in [0.2, 0.25) is 0 Å². The second-order valence-electron chi connectivity index (χ2n) is 5.84. The highest BCUT2D eigenvalue weighted by atomic mass is 32.2. The SMILES string of the molecule is CC(C)(C)[S@](=O)CCNC(=O)c1ccccc1NS(C)(=O)=O. The van der Waals surface area contributed by atoms with Gasteiger partial charge in [0.05, 0.1) is 17.5 Å². The van der Waals surface area contributed by atoms with E-state index in [2.05, 4.69) is 10.0 Å². The van der Waals surface area contributed by atoms with Gasteiger partial charge in [-0.25, -0.2) is 8.42 Å². The maximum absolute atomic E-state index is 12.1. The molecule has 6 nitrogen and oxygen atoms in total. The molecule has 0 radical (unpaired) electrons. The molecule has 2 N–H and O–H groups in total. The maximum Gasteiger partial charge on any atom is 0.253 e. The second kappa shape index (κ2) is 7.23. The number of sulfonamides is 1. The van der Waals surface area contributed by atoms with Gasteiger partial charge in [-0.1, -0.05) is 12.1 Å². The molecular formula is C14H22N2O4S2. The van der Waals surface area contributed by atoms with Crippen molar-refractivity contribution in [3.8, 4) is 0 Å². The predicted octanol–water partition coefficient (Wildman–Crippen LogP) is 1.34. The molecule has 1 aromatic carbocycles. The summed E-state index contributed by atoms with van der Waals surface area (Å²) in [5.74, 6) is -0.0608. The molecule has 0 aliphatic carbocycles. The van der Waals surface area contributed by atoms with Gasteiger partial charge in [0.25, 0.3) is 5.91 Å². The van der Waals surface area contributed by atoms with Crippen LogP contribution < -0.4 is 10.0 Å². The fraction of sp³-hybridized carbons (Fsp3) is 0.500. The highest BCUT2D eigenvalue weighted by molar-refractivity contribution is 7.92. The lowest BCUT2D eigenvalue weighted by Gasteiger charge is -2.18. The Hall–Kier alpha value is -1.41. The minimum absolute atomic E-state index is 0.222.